The van der Waals surface area contributed by atoms with Crippen LogP contribution in [0.25, 0.3) is 0 Å². The molecule has 0 radical (unpaired) electrons. The summed E-state index contributed by atoms with van der Waals surface area (Å²) < 4.78 is 9.62. The molecule has 20 heavy (non-hydrogen) atoms. The van der Waals surface area contributed by atoms with Crippen molar-refractivity contribution in [2.45, 2.75) is 0 Å². The van der Waals surface area contributed by atoms with Gasteiger partial charge in [0.05, 0.1) is 14.2 Å². The number of benzene rings is 2. The highest BCUT2D eigenvalue weighted by Gasteiger charge is 2.07. The van der Waals surface area contributed by atoms with Crippen LogP contribution in [0.1, 0.15) is 10.4 Å². The molecule has 0 amide bonds. The molecule has 0 aliphatic carbocycles. The van der Waals surface area contributed by atoms with E-state index >= 15 is 0 Å². The van der Waals surface area contributed by atoms with Gasteiger partial charge < -0.3 is 19.7 Å². The van der Waals surface area contributed by atoms with Crippen molar-refractivity contribution in [2.24, 2.45) is 0 Å². The maximum Gasteiger partial charge on any atom is 0.339 e. The van der Waals surface area contributed by atoms with E-state index in [0.29, 0.717) is 11.5 Å². The number of hydrogen-bond donors (Lipinski definition) is 2. The third-order valence-electron chi connectivity index (χ3n) is 2.42. The van der Waals surface area contributed by atoms with E-state index in [1.54, 1.807) is 42.5 Å². The Bertz CT molecular complexity index is 566. The number of carboxylic acid groups (broad SMARTS) is 1. The largest absolute Gasteiger partial charge is 0.504 e. The number of phenolic OH excluding ortho intramolecular Hbond substituents is 1. The van der Waals surface area contributed by atoms with Crippen LogP contribution in [0.15, 0.2) is 48.5 Å². The molecule has 0 atom stereocenters. The molecule has 0 aliphatic rings. The second kappa shape index (κ2) is 7.68. The lowest BCUT2D eigenvalue weighted by molar-refractivity contribution is 0.0693. The summed E-state index contributed by atoms with van der Waals surface area (Å²) in [6, 6.07) is 13.3. The van der Waals surface area contributed by atoms with Crippen molar-refractivity contribution in [3.63, 3.8) is 0 Å². The lowest BCUT2D eigenvalue weighted by Gasteiger charge is -2.01. The number of methoxy groups -OCH3 is 2. The molecule has 0 bridgehead atoms. The van der Waals surface area contributed by atoms with Gasteiger partial charge >= 0.3 is 5.97 Å². The van der Waals surface area contributed by atoms with Gasteiger partial charge in [0.25, 0.3) is 0 Å². The number of ether oxygens (including phenoxy) is 2. The maximum atomic E-state index is 10.5. The summed E-state index contributed by atoms with van der Waals surface area (Å²) in [4.78, 5) is 10.5. The quantitative estimate of drug-likeness (QED) is 0.901. The average molecular weight is 276 g/mol. The van der Waals surface area contributed by atoms with Gasteiger partial charge in [-0.15, -0.1) is 0 Å². The Morgan fingerprint density at radius 2 is 1.40 bits per heavy atom. The van der Waals surface area contributed by atoms with Crippen LogP contribution in [0, 0.1) is 0 Å². The van der Waals surface area contributed by atoms with Crippen molar-refractivity contribution in [3.05, 3.63) is 54.1 Å². The molecular formula is C15H16O5. The van der Waals surface area contributed by atoms with E-state index < -0.39 is 5.97 Å². The van der Waals surface area contributed by atoms with E-state index in [4.69, 9.17) is 19.7 Å². The van der Waals surface area contributed by atoms with Crippen LogP contribution >= 0.6 is 0 Å². The normalized spacial score (nSPS) is 9.10. The first-order valence-electron chi connectivity index (χ1n) is 5.78. The zero-order valence-corrected chi connectivity index (χ0v) is 11.2. The van der Waals surface area contributed by atoms with Gasteiger partial charge in [0, 0.05) is 0 Å². The molecule has 2 aromatic rings. The Kier molecular flexibility index (Phi) is 5.90. The van der Waals surface area contributed by atoms with Crippen LogP contribution in [0.5, 0.6) is 17.2 Å². The van der Waals surface area contributed by atoms with Crippen LogP contribution in [-0.4, -0.2) is 30.4 Å². The van der Waals surface area contributed by atoms with Crippen molar-refractivity contribution in [3.8, 4) is 17.2 Å². The zero-order chi connectivity index (χ0) is 15.0. The molecule has 0 fully saturated rings. The molecule has 0 aliphatic heterocycles. The van der Waals surface area contributed by atoms with Crippen molar-refractivity contribution in [2.75, 3.05) is 14.2 Å². The molecule has 2 aromatic carbocycles. The van der Waals surface area contributed by atoms with E-state index in [9.17, 15) is 4.79 Å². The summed E-state index contributed by atoms with van der Waals surface area (Å²) in [6.07, 6.45) is 0. The topological polar surface area (TPSA) is 76.0 Å². The highest BCUT2D eigenvalue weighted by Crippen LogP contribution is 2.23. The zero-order valence-electron chi connectivity index (χ0n) is 11.2. The molecule has 0 saturated heterocycles. The second-order valence-corrected chi connectivity index (χ2v) is 3.68. The number of carboxylic acids is 1. The molecular weight excluding hydrogens is 260 g/mol. The van der Waals surface area contributed by atoms with Gasteiger partial charge in [0.15, 0.2) is 11.5 Å². The number of carbonyl (C=O) groups is 1. The molecule has 5 heteroatoms. The number of aromatic hydroxyl groups is 1. The van der Waals surface area contributed by atoms with Gasteiger partial charge in [-0.05, 0) is 24.3 Å². The molecule has 2 rings (SSSR count). The van der Waals surface area contributed by atoms with Crippen molar-refractivity contribution in [1.82, 2.24) is 0 Å². The summed E-state index contributed by atoms with van der Waals surface area (Å²) in [5.74, 6) is 0.111. The number of rotatable bonds is 3. The molecule has 0 heterocycles. The lowest BCUT2D eigenvalue weighted by Crippen LogP contribution is -1.99. The van der Waals surface area contributed by atoms with Gasteiger partial charge in [-0.3, -0.25) is 0 Å². The molecule has 106 valence electrons. The Hall–Kier alpha value is -2.69. The third kappa shape index (κ3) is 4.20. The predicted molar refractivity (Wildman–Crippen MR) is 74.6 cm³/mol. The summed E-state index contributed by atoms with van der Waals surface area (Å²) in [5, 5.41) is 17.6. The minimum absolute atomic E-state index is 0.181. The van der Waals surface area contributed by atoms with E-state index in [2.05, 4.69) is 0 Å². The van der Waals surface area contributed by atoms with E-state index in [-0.39, 0.29) is 11.3 Å². The highest BCUT2D eigenvalue weighted by molar-refractivity contribution is 5.90. The van der Waals surface area contributed by atoms with Gasteiger partial charge in [-0.2, -0.15) is 0 Å². The van der Waals surface area contributed by atoms with Gasteiger partial charge in [0.2, 0.25) is 0 Å². The Morgan fingerprint density at radius 3 is 1.80 bits per heavy atom. The van der Waals surface area contributed by atoms with Crippen molar-refractivity contribution < 1.29 is 24.5 Å². The van der Waals surface area contributed by atoms with Crippen molar-refractivity contribution in [1.29, 1.82) is 0 Å². The van der Waals surface area contributed by atoms with Gasteiger partial charge in [-0.1, -0.05) is 24.3 Å². The monoisotopic (exact) mass is 276 g/mol. The number of hydrogen-bond acceptors (Lipinski definition) is 4. The second-order valence-electron chi connectivity index (χ2n) is 3.68. The first-order chi connectivity index (χ1) is 9.60. The number of aromatic carboxylic acids is 1. The smallest absolute Gasteiger partial charge is 0.339 e. The minimum atomic E-state index is -0.970. The first kappa shape index (κ1) is 15.4. The SMILES string of the molecule is COc1ccccc1C(=O)O.COc1ccccc1O. The third-order valence-corrected chi connectivity index (χ3v) is 2.42. The number of para-hydroxylation sites is 3. The molecule has 0 unspecified atom stereocenters. The van der Waals surface area contributed by atoms with Crippen LogP contribution in [0.4, 0.5) is 0 Å². The lowest BCUT2D eigenvalue weighted by atomic mass is 10.2. The van der Waals surface area contributed by atoms with Crippen LogP contribution in [-0.2, 0) is 0 Å². The predicted octanol–water partition coefficient (Wildman–Crippen LogP) is 2.79. The van der Waals surface area contributed by atoms with Gasteiger partial charge in [-0.25, -0.2) is 4.79 Å². The summed E-state index contributed by atoms with van der Waals surface area (Å²) in [7, 11) is 2.97. The highest BCUT2D eigenvalue weighted by atomic mass is 16.5. The summed E-state index contributed by atoms with van der Waals surface area (Å²) in [5.41, 5.74) is 0.190. The minimum Gasteiger partial charge on any atom is -0.504 e. The Labute approximate surface area is 117 Å². The van der Waals surface area contributed by atoms with Gasteiger partial charge in [0.1, 0.15) is 11.3 Å². The summed E-state index contributed by atoms with van der Waals surface area (Å²) in [6.45, 7) is 0. The fourth-order valence-corrected chi connectivity index (χ4v) is 1.45. The van der Waals surface area contributed by atoms with E-state index in [1.807, 2.05) is 0 Å². The molecule has 2 N–H and O–H groups in total. The molecule has 0 saturated carbocycles. The van der Waals surface area contributed by atoms with Crippen LogP contribution in [0.2, 0.25) is 0 Å². The number of phenols is 1. The molecule has 5 nitrogen and oxygen atoms in total. The average Bonchev–Trinajstić information content (AvgIpc) is 2.48. The van der Waals surface area contributed by atoms with Crippen LogP contribution < -0.4 is 9.47 Å². The van der Waals surface area contributed by atoms with Crippen LogP contribution in [0.3, 0.4) is 0 Å². The summed E-state index contributed by atoms with van der Waals surface area (Å²) >= 11 is 0. The fourth-order valence-electron chi connectivity index (χ4n) is 1.45. The van der Waals surface area contributed by atoms with Crippen molar-refractivity contribution >= 4 is 5.97 Å². The Morgan fingerprint density at radius 1 is 0.900 bits per heavy atom. The first-order valence-corrected chi connectivity index (χ1v) is 5.78. The molecule has 0 aromatic heterocycles. The van der Waals surface area contributed by atoms with E-state index in [0.717, 1.165) is 0 Å². The van der Waals surface area contributed by atoms with E-state index in [1.165, 1.54) is 20.3 Å². The Balaban J connectivity index is 0.000000204. The fraction of sp³-hybridized carbons (Fsp3) is 0.133. The maximum absolute atomic E-state index is 10.5. The molecule has 0 spiro atoms. The standard InChI is InChI=1S/C8H8O3.C7H8O2/c1-11-7-5-3-2-4-6(7)8(9)10;1-9-7-5-3-2-4-6(7)8/h2-5H,1H3,(H,9,10);2-5,8H,1H3.